The maximum Gasteiger partial charge on any atom is 0.333 e. The van der Waals surface area contributed by atoms with Crippen molar-refractivity contribution in [3.8, 4) is 0 Å². The van der Waals surface area contributed by atoms with Gasteiger partial charge in [-0.2, -0.15) is 0 Å². The fourth-order valence-electron chi connectivity index (χ4n) is 2.44. The predicted octanol–water partition coefficient (Wildman–Crippen LogP) is 4.31. The molecule has 0 bridgehead atoms. The summed E-state index contributed by atoms with van der Waals surface area (Å²) < 4.78 is 5.27. The van der Waals surface area contributed by atoms with Crippen LogP contribution in [0.25, 0.3) is 0 Å². The van der Waals surface area contributed by atoms with E-state index in [1.807, 2.05) is 49.4 Å². The zero-order valence-electron chi connectivity index (χ0n) is 14.8. The molecule has 2 aromatic rings. The molecule has 0 radical (unpaired) electrons. The standard InChI is InChI=1S/C20H22ClNO4/c1-3-25-19(20(23)24)12-15-6-4-8-17(10-15)14(2)22-26-13-16-7-5-9-18(21)11-16/h4-11,19H,3,12-13H2,1-2H3,(H,23,24)/b22-14+/t19-/m0/s1. The molecule has 1 N–H and O–H groups in total. The molecule has 0 aliphatic carbocycles. The van der Waals surface area contributed by atoms with Gasteiger partial charge in [-0.1, -0.05) is 47.1 Å². The molecule has 0 unspecified atom stereocenters. The quantitative estimate of drug-likeness (QED) is 0.523. The third-order valence-corrected chi connectivity index (χ3v) is 3.97. The van der Waals surface area contributed by atoms with E-state index >= 15 is 0 Å². The van der Waals surface area contributed by atoms with E-state index in [0.29, 0.717) is 30.4 Å². The van der Waals surface area contributed by atoms with E-state index in [1.54, 1.807) is 13.0 Å². The molecule has 2 rings (SSSR count). The second-order valence-electron chi connectivity index (χ2n) is 5.77. The van der Waals surface area contributed by atoms with Crippen LogP contribution in [0.1, 0.15) is 30.5 Å². The number of aliphatic carboxylic acids is 1. The normalized spacial score (nSPS) is 12.7. The first-order valence-electron chi connectivity index (χ1n) is 8.34. The van der Waals surface area contributed by atoms with Gasteiger partial charge >= 0.3 is 5.97 Å². The lowest BCUT2D eigenvalue weighted by Crippen LogP contribution is -2.26. The van der Waals surface area contributed by atoms with E-state index in [9.17, 15) is 9.90 Å². The van der Waals surface area contributed by atoms with Gasteiger partial charge in [0.05, 0.1) is 5.71 Å². The molecule has 0 aliphatic rings. The summed E-state index contributed by atoms with van der Waals surface area (Å²) in [5.41, 5.74) is 3.38. The van der Waals surface area contributed by atoms with Gasteiger partial charge in [-0.3, -0.25) is 0 Å². The second kappa shape index (κ2) is 9.94. The monoisotopic (exact) mass is 375 g/mol. The average molecular weight is 376 g/mol. The molecule has 6 heteroatoms. The van der Waals surface area contributed by atoms with E-state index in [1.165, 1.54) is 0 Å². The summed E-state index contributed by atoms with van der Waals surface area (Å²) in [6.07, 6.45) is -0.556. The van der Waals surface area contributed by atoms with Gasteiger partial charge in [0, 0.05) is 18.1 Å². The molecule has 138 valence electrons. The van der Waals surface area contributed by atoms with Crippen LogP contribution in [0.3, 0.4) is 0 Å². The van der Waals surface area contributed by atoms with Crippen molar-refractivity contribution in [2.75, 3.05) is 6.61 Å². The van der Waals surface area contributed by atoms with E-state index in [4.69, 9.17) is 21.2 Å². The molecule has 0 aliphatic heterocycles. The minimum absolute atomic E-state index is 0.299. The van der Waals surface area contributed by atoms with Gasteiger partial charge in [-0.15, -0.1) is 0 Å². The SMILES string of the molecule is CCO[C@@H](Cc1cccc(/C(C)=N/OCc2cccc(Cl)c2)c1)C(=O)O. The Kier molecular flexibility index (Phi) is 7.63. The zero-order valence-corrected chi connectivity index (χ0v) is 15.6. The number of carbonyl (C=O) groups is 1. The number of halogens is 1. The molecule has 26 heavy (non-hydrogen) atoms. The highest BCUT2D eigenvalue weighted by Gasteiger charge is 2.18. The predicted molar refractivity (Wildman–Crippen MR) is 102 cm³/mol. The van der Waals surface area contributed by atoms with Crippen molar-refractivity contribution in [3.05, 3.63) is 70.2 Å². The molecular weight excluding hydrogens is 354 g/mol. The second-order valence-corrected chi connectivity index (χ2v) is 6.20. The first kappa shape index (κ1) is 19.9. The summed E-state index contributed by atoms with van der Waals surface area (Å²) >= 11 is 5.94. The van der Waals surface area contributed by atoms with Crippen LogP contribution in [0.2, 0.25) is 5.02 Å². The summed E-state index contributed by atoms with van der Waals surface area (Å²) in [5.74, 6) is -0.965. The van der Waals surface area contributed by atoms with Crippen molar-refractivity contribution in [2.45, 2.75) is 33.0 Å². The fourth-order valence-corrected chi connectivity index (χ4v) is 2.65. The van der Waals surface area contributed by atoms with Crippen LogP contribution >= 0.6 is 11.6 Å². The first-order valence-corrected chi connectivity index (χ1v) is 8.72. The number of rotatable bonds is 9. The van der Waals surface area contributed by atoms with E-state index in [-0.39, 0.29) is 0 Å². The summed E-state index contributed by atoms with van der Waals surface area (Å²) in [6, 6.07) is 14.9. The Bertz CT molecular complexity index is 776. The van der Waals surface area contributed by atoms with Crippen molar-refractivity contribution in [1.82, 2.24) is 0 Å². The van der Waals surface area contributed by atoms with E-state index < -0.39 is 12.1 Å². The van der Waals surface area contributed by atoms with Gasteiger partial charge in [-0.05, 0) is 48.7 Å². The highest BCUT2D eigenvalue weighted by atomic mass is 35.5. The molecule has 0 spiro atoms. The Balaban J connectivity index is 2.02. The molecule has 5 nitrogen and oxygen atoms in total. The maximum atomic E-state index is 11.2. The minimum atomic E-state index is -0.965. The Labute approximate surface area is 158 Å². The van der Waals surface area contributed by atoms with Crippen LogP contribution in [0.15, 0.2) is 53.7 Å². The molecule has 2 aromatic carbocycles. The van der Waals surface area contributed by atoms with Crippen molar-refractivity contribution in [3.63, 3.8) is 0 Å². The van der Waals surface area contributed by atoms with Crippen LogP contribution in [0, 0.1) is 0 Å². The van der Waals surface area contributed by atoms with Gasteiger partial charge < -0.3 is 14.7 Å². The van der Waals surface area contributed by atoms with Crippen LogP contribution in [0.4, 0.5) is 0 Å². The number of benzene rings is 2. The molecule has 0 fully saturated rings. The van der Waals surface area contributed by atoms with Crippen molar-refractivity contribution >= 4 is 23.3 Å². The number of ether oxygens (including phenoxy) is 1. The Morgan fingerprint density at radius 1 is 1.19 bits per heavy atom. The molecule has 0 heterocycles. The number of oxime groups is 1. The highest BCUT2D eigenvalue weighted by molar-refractivity contribution is 6.30. The van der Waals surface area contributed by atoms with Crippen LogP contribution < -0.4 is 0 Å². The van der Waals surface area contributed by atoms with E-state index in [2.05, 4.69) is 5.16 Å². The number of carboxylic acids is 1. The van der Waals surface area contributed by atoms with E-state index in [0.717, 1.165) is 16.7 Å². The Morgan fingerprint density at radius 3 is 2.62 bits per heavy atom. The molecule has 0 aromatic heterocycles. The summed E-state index contributed by atoms with van der Waals surface area (Å²) in [6.45, 7) is 4.30. The molecule has 1 atom stereocenters. The van der Waals surface area contributed by atoms with Crippen molar-refractivity contribution < 1.29 is 19.5 Å². The Hall–Kier alpha value is -2.37. The molecular formula is C20H22ClNO4. The molecule has 0 amide bonds. The Morgan fingerprint density at radius 2 is 1.92 bits per heavy atom. The highest BCUT2D eigenvalue weighted by Crippen LogP contribution is 2.13. The van der Waals surface area contributed by atoms with Crippen molar-refractivity contribution in [1.29, 1.82) is 0 Å². The van der Waals surface area contributed by atoms with Gasteiger partial charge in [0.2, 0.25) is 0 Å². The molecule has 0 saturated carbocycles. The van der Waals surface area contributed by atoms with Gasteiger partial charge in [0.15, 0.2) is 6.10 Å². The van der Waals surface area contributed by atoms with Crippen molar-refractivity contribution in [2.24, 2.45) is 5.16 Å². The van der Waals surface area contributed by atoms with Gasteiger partial charge in [0.1, 0.15) is 6.61 Å². The van der Waals surface area contributed by atoms with Gasteiger partial charge in [0.25, 0.3) is 0 Å². The summed E-state index contributed by atoms with van der Waals surface area (Å²) in [5, 5.41) is 14.0. The lowest BCUT2D eigenvalue weighted by atomic mass is 10.0. The zero-order chi connectivity index (χ0) is 18.9. The van der Waals surface area contributed by atoms with Gasteiger partial charge in [-0.25, -0.2) is 4.79 Å². The number of carboxylic acid groups (broad SMARTS) is 1. The third kappa shape index (κ3) is 6.17. The topological polar surface area (TPSA) is 68.1 Å². The lowest BCUT2D eigenvalue weighted by molar-refractivity contribution is -0.149. The first-order chi connectivity index (χ1) is 12.5. The fraction of sp³-hybridized carbons (Fsp3) is 0.300. The molecule has 0 saturated heterocycles. The summed E-state index contributed by atoms with van der Waals surface area (Å²) in [7, 11) is 0. The minimum Gasteiger partial charge on any atom is -0.479 e. The largest absolute Gasteiger partial charge is 0.479 e. The lowest BCUT2D eigenvalue weighted by Gasteiger charge is -2.13. The number of hydrogen-bond acceptors (Lipinski definition) is 4. The third-order valence-electron chi connectivity index (χ3n) is 3.73. The smallest absolute Gasteiger partial charge is 0.333 e. The van der Waals surface area contributed by atoms with Crippen LogP contribution in [-0.4, -0.2) is 29.5 Å². The van der Waals surface area contributed by atoms with Crippen LogP contribution in [0.5, 0.6) is 0 Å². The summed E-state index contributed by atoms with van der Waals surface area (Å²) in [4.78, 5) is 16.6. The van der Waals surface area contributed by atoms with Crippen LogP contribution in [-0.2, 0) is 27.4 Å². The maximum absolute atomic E-state index is 11.2. The average Bonchev–Trinajstić information content (AvgIpc) is 2.61. The number of hydrogen-bond donors (Lipinski definition) is 1. The number of nitrogens with zero attached hydrogens (tertiary/aromatic N) is 1.